The van der Waals surface area contributed by atoms with Crippen molar-refractivity contribution in [3.63, 3.8) is 0 Å². The van der Waals surface area contributed by atoms with Crippen LogP contribution >= 0.6 is 0 Å². The molecule has 0 aliphatic heterocycles. The SMILES string of the molecule is CCOc1cccn2c(C(=O)Nc3ccc(F)cc3)c(CC)nc12. The first-order chi connectivity index (χ1) is 11.6. The molecule has 0 spiro atoms. The van der Waals surface area contributed by atoms with Crippen LogP contribution in [-0.2, 0) is 6.42 Å². The summed E-state index contributed by atoms with van der Waals surface area (Å²) in [4.78, 5) is 17.3. The highest BCUT2D eigenvalue weighted by atomic mass is 19.1. The minimum absolute atomic E-state index is 0.292. The highest BCUT2D eigenvalue weighted by Crippen LogP contribution is 2.23. The zero-order valence-corrected chi connectivity index (χ0v) is 13.5. The molecule has 2 aromatic heterocycles. The third-order valence-electron chi connectivity index (χ3n) is 3.64. The Morgan fingerprint density at radius 2 is 2.00 bits per heavy atom. The van der Waals surface area contributed by atoms with E-state index >= 15 is 0 Å². The molecular weight excluding hydrogens is 309 g/mol. The van der Waals surface area contributed by atoms with Crippen LogP contribution in [0.5, 0.6) is 5.75 Å². The third-order valence-corrected chi connectivity index (χ3v) is 3.64. The predicted octanol–water partition coefficient (Wildman–Crippen LogP) is 3.69. The van der Waals surface area contributed by atoms with Crippen LogP contribution in [0.15, 0.2) is 42.6 Å². The second-order valence-corrected chi connectivity index (χ2v) is 5.22. The Balaban J connectivity index is 2.02. The molecule has 0 radical (unpaired) electrons. The normalized spacial score (nSPS) is 10.8. The van der Waals surface area contributed by atoms with Gasteiger partial charge in [0.05, 0.1) is 12.3 Å². The summed E-state index contributed by atoms with van der Waals surface area (Å²) >= 11 is 0. The molecule has 2 heterocycles. The number of carbonyl (C=O) groups is 1. The minimum Gasteiger partial charge on any atom is -0.490 e. The van der Waals surface area contributed by atoms with Gasteiger partial charge in [-0.3, -0.25) is 9.20 Å². The summed E-state index contributed by atoms with van der Waals surface area (Å²) in [5, 5.41) is 2.78. The zero-order valence-electron chi connectivity index (χ0n) is 13.5. The number of pyridine rings is 1. The third kappa shape index (κ3) is 2.95. The van der Waals surface area contributed by atoms with E-state index in [-0.39, 0.29) is 11.7 Å². The number of hydrogen-bond acceptors (Lipinski definition) is 3. The van der Waals surface area contributed by atoms with Gasteiger partial charge in [0.1, 0.15) is 11.5 Å². The molecule has 0 unspecified atom stereocenters. The Hall–Kier alpha value is -2.89. The van der Waals surface area contributed by atoms with Crippen LogP contribution in [0.1, 0.15) is 30.0 Å². The average Bonchev–Trinajstić information content (AvgIpc) is 2.97. The van der Waals surface area contributed by atoms with Crippen LogP contribution in [-0.4, -0.2) is 21.9 Å². The number of nitrogens with zero attached hydrogens (tertiary/aromatic N) is 2. The number of amides is 1. The van der Waals surface area contributed by atoms with Gasteiger partial charge < -0.3 is 10.1 Å². The van der Waals surface area contributed by atoms with Crippen molar-refractivity contribution < 1.29 is 13.9 Å². The van der Waals surface area contributed by atoms with E-state index in [4.69, 9.17) is 4.74 Å². The molecule has 0 aliphatic carbocycles. The number of anilines is 1. The molecule has 0 saturated carbocycles. The van der Waals surface area contributed by atoms with Crippen molar-refractivity contribution in [1.29, 1.82) is 0 Å². The molecule has 5 nitrogen and oxygen atoms in total. The molecule has 3 aromatic rings. The van der Waals surface area contributed by atoms with E-state index in [0.717, 1.165) is 0 Å². The van der Waals surface area contributed by atoms with Crippen molar-refractivity contribution in [2.24, 2.45) is 0 Å². The minimum atomic E-state index is -0.349. The fourth-order valence-corrected chi connectivity index (χ4v) is 2.57. The molecule has 1 aromatic carbocycles. The van der Waals surface area contributed by atoms with Crippen LogP contribution in [0.25, 0.3) is 5.65 Å². The van der Waals surface area contributed by atoms with E-state index in [1.807, 2.05) is 26.0 Å². The number of ether oxygens (including phenoxy) is 1. The maximum absolute atomic E-state index is 13.0. The first-order valence-electron chi connectivity index (χ1n) is 7.83. The van der Waals surface area contributed by atoms with Gasteiger partial charge in [-0.2, -0.15) is 0 Å². The summed E-state index contributed by atoms with van der Waals surface area (Å²) in [6, 6.07) is 9.29. The van der Waals surface area contributed by atoms with Crippen LogP contribution in [0, 0.1) is 5.82 Å². The van der Waals surface area contributed by atoms with E-state index in [1.165, 1.54) is 24.3 Å². The second kappa shape index (κ2) is 6.70. The van der Waals surface area contributed by atoms with Crippen molar-refractivity contribution in [1.82, 2.24) is 9.38 Å². The molecule has 24 heavy (non-hydrogen) atoms. The smallest absolute Gasteiger partial charge is 0.274 e. The van der Waals surface area contributed by atoms with Crippen molar-refractivity contribution >= 4 is 17.2 Å². The molecule has 1 amide bonds. The van der Waals surface area contributed by atoms with Gasteiger partial charge >= 0.3 is 0 Å². The lowest BCUT2D eigenvalue weighted by atomic mass is 10.2. The highest BCUT2D eigenvalue weighted by Gasteiger charge is 2.20. The van der Waals surface area contributed by atoms with Crippen molar-refractivity contribution in [3.8, 4) is 5.75 Å². The topological polar surface area (TPSA) is 55.6 Å². The molecule has 3 rings (SSSR count). The lowest BCUT2D eigenvalue weighted by Gasteiger charge is -2.08. The van der Waals surface area contributed by atoms with Gasteiger partial charge in [0, 0.05) is 11.9 Å². The summed E-state index contributed by atoms with van der Waals surface area (Å²) in [6.07, 6.45) is 2.39. The van der Waals surface area contributed by atoms with Gasteiger partial charge in [-0.25, -0.2) is 9.37 Å². The number of aromatic nitrogens is 2. The van der Waals surface area contributed by atoms with E-state index < -0.39 is 0 Å². The van der Waals surface area contributed by atoms with Gasteiger partial charge in [-0.05, 0) is 49.7 Å². The zero-order chi connectivity index (χ0) is 17.1. The quantitative estimate of drug-likeness (QED) is 0.777. The number of benzene rings is 1. The highest BCUT2D eigenvalue weighted by molar-refractivity contribution is 6.04. The fourth-order valence-electron chi connectivity index (χ4n) is 2.57. The lowest BCUT2D eigenvalue weighted by molar-refractivity contribution is 0.102. The van der Waals surface area contributed by atoms with E-state index in [2.05, 4.69) is 10.3 Å². The van der Waals surface area contributed by atoms with Crippen molar-refractivity contribution in [2.45, 2.75) is 20.3 Å². The number of rotatable bonds is 5. The van der Waals surface area contributed by atoms with E-state index in [1.54, 1.807) is 10.6 Å². The lowest BCUT2D eigenvalue weighted by Crippen LogP contribution is -2.16. The summed E-state index contributed by atoms with van der Waals surface area (Å²) in [5.41, 5.74) is 2.28. The van der Waals surface area contributed by atoms with Crippen LogP contribution < -0.4 is 10.1 Å². The van der Waals surface area contributed by atoms with Gasteiger partial charge in [0.15, 0.2) is 11.4 Å². The summed E-state index contributed by atoms with van der Waals surface area (Å²) in [5.74, 6) is -0.00598. The van der Waals surface area contributed by atoms with E-state index in [0.29, 0.717) is 41.5 Å². The number of aryl methyl sites for hydroxylation is 1. The van der Waals surface area contributed by atoms with Crippen LogP contribution in [0.2, 0.25) is 0 Å². The largest absolute Gasteiger partial charge is 0.490 e. The molecule has 124 valence electrons. The van der Waals surface area contributed by atoms with Gasteiger partial charge in [0.2, 0.25) is 0 Å². The Morgan fingerprint density at radius 1 is 1.25 bits per heavy atom. The Kier molecular flexibility index (Phi) is 4.46. The van der Waals surface area contributed by atoms with Crippen LogP contribution in [0.3, 0.4) is 0 Å². The second-order valence-electron chi connectivity index (χ2n) is 5.22. The number of halogens is 1. The number of nitrogens with one attached hydrogen (secondary N) is 1. The average molecular weight is 327 g/mol. The maximum Gasteiger partial charge on any atom is 0.274 e. The summed E-state index contributed by atoms with van der Waals surface area (Å²) < 4.78 is 20.3. The Labute approximate surface area is 139 Å². The first kappa shape index (κ1) is 16.0. The Bertz CT molecular complexity index is 872. The van der Waals surface area contributed by atoms with Gasteiger partial charge in [-0.1, -0.05) is 6.92 Å². The number of fused-ring (bicyclic) bond motifs is 1. The van der Waals surface area contributed by atoms with Crippen molar-refractivity contribution in [2.75, 3.05) is 11.9 Å². The van der Waals surface area contributed by atoms with Crippen molar-refractivity contribution in [3.05, 3.63) is 59.8 Å². The summed E-state index contributed by atoms with van der Waals surface area (Å²) in [7, 11) is 0. The molecule has 0 bridgehead atoms. The number of imidazole rings is 1. The predicted molar refractivity (Wildman–Crippen MR) is 90.1 cm³/mol. The van der Waals surface area contributed by atoms with Gasteiger partial charge in [-0.15, -0.1) is 0 Å². The molecule has 1 N–H and O–H groups in total. The van der Waals surface area contributed by atoms with Gasteiger partial charge in [0.25, 0.3) is 5.91 Å². The molecule has 0 aliphatic rings. The molecule has 0 atom stereocenters. The molecule has 0 saturated heterocycles. The van der Waals surface area contributed by atoms with E-state index in [9.17, 15) is 9.18 Å². The standard InChI is InChI=1S/C18H18FN3O2/c1-3-14-16(18(23)20-13-9-7-12(19)8-10-13)22-11-5-6-15(24-4-2)17(22)21-14/h5-11H,3-4H2,1-2H3,(H,20,23). The first-order valence-corrected chi connectivity index (χ1v) is 7.83. The molecule has 6 heteroatoms. The number of carbonyl (C=O) groups excluding carboxylic acids is 1. The number of hydrogen-bond donors (Lipinski definition) is 1. The maximum atomic E-state index is 13.0. The van der Waals surface area contributed by atoms with Crippen LogP contribution in [0.4, 0.5) is 10.1 Å². The Morgan fingerprint density at radius 3 is 2.67 bits per heavy atom. The molecular formula is C18H18FN3O2. The molecule has 0 fully saturated rings. The fraction of sp³-hybridized carbons (Fsp3) is 0.222. The monoisotopic (exact) mass is 327 g/mol. The summed E-state index contributed by atoms with van der Waals surface area (Å²) in [6.45, 7) is 4.36.